The maximum absolute atomic E-state index is 13.7. The zero-order valence-electron chi connectivity index (χ0n) is 15.3. The fraction of sp³-hybridized carbons (Fsp3) is 0.278. The molecule has 1 unspecified atom stereocenters. The van der Waals surface area contributed by atoms with Crippen LogP contribution in [0.25, 0.3) is 0 Å². The van der Waals surface area contributed by atoms with E-state index in [2.05, 4.69) is 5.32 Å². The molecule has 0 saturated carbocycles. The summed E-state index contributed by atoms with van der Waals surface area (Å²) in [6.45, 7) is 3.10. The van der Waals surface area contributed by atoms with Gasteiger partial charge in [0.25, 0.3) is 5.91 Å². The molecule has 0 aliphatic heterocycles. The van der Waals surface area contributed by atoms with Crippen LogP contribution in [0, 0.1) is 18.6 Å². The highest BCUT2D eigenvalue weighted by Gasteiger charge is 2.21. The smallest absolute Gasteiger partial charge is 0.265 e. The molecule has 9 heteroatoms. The van der Waals surface area contributed by atoms with E-state index in [-0.39, 0.29) is 16.3 Å². The lowest BCUT2D eigenvalue weighted by Gasteiger charge is -2.17. The summed E-state index contributed by atoms with van der Waals surface area (Å²) < 4.78 is 57.4. The molecule has 0 aromatic heterocycles. The topological polar surface area (TPSA) is 75.7 Å². The molecule has 1 amide bonds. The van der Waals surface area contributed by atoms with Crippen LogP contribution in [0.2, 0.25) is 0 Å². The van der Waals surface area contributed by atoms with Crippen LogP contribution in [0.1, 0.15) is 12.5 Å². The monoisotopic (exact) mass is 398 g/mol. The quantitative estimate of drug-likeness (QED) is 0.812. The Kier molecular flexibility index (Phi) is 6.17. The van der Waals surface area contributed by atoms with Crippen LogP contribution in [0.4, 0.5) is 14.5 Å². The van der Waals surface area contributed by atoms with Gasteiger partial charge in [-0.1, -0.05) is 6.07 Å². The fourth-order valence-corrected chi connectivity index (χ4v) is 3.08. The van der Waals surface area contributed by atoms with Gasteiger partial charge in [0.2, 0.25) is 10.0 Å². The molecule has 0 radical (unpaired) electrons. The third-order valence-corrected chi connectivity index (χ3v) is 5.62. The number of carbonyl (C=O) groups is 1. The lowest BCUT2D eigenvalue weighted by atomic mass is 10.2. The van der Waals surface area contributed by atoms with E-state index in [4.69, 9.17) is 4.74 Å². The number of hydrogen-bond donors (Lipinski definition) is 1. The minimum atomic E-state index is -3.66. The predicted octanol–water partition coefficient (Wildman–Crippen LogP) is 2.93. The zero-order valence-corrected chi connectivity index (χ0v) is 16.1. The molecule has 0 bridgehead atoms. The van der Waals surface area contributed by atoms with Crippen LogP contribution in [0.15, 0.2) is 41.3 Å². The number of sulfonamides is 1. The number of nitrogens with one attached hydrogen (secondary N) is 1. The lowest BCUT2D eigenvalue weighted by molar-refractivity contribution is -0.122. The molecule has 1 atom stereocenters. The van der Waals surface area contributed by atoms with Gasteiger partial charge in [-0.05, 0) is 43.7 Å². The van der Waals surface area contributed by atoms with Gasteiger partial charge in [0.05, 0.1) is 4.90 Å². The largest absolute Gasteiger partial charge is 0.478 e. The van der Waals surface area contributed by atoms with Gasteiger partial charge in [0.15, 0.2) is 17.7 Å². The van der Waals surface area contributed by atoms with Crippen molar-refractivity contribution in [3.63, 3.8) is 0 Å². The number of aryl methyl sites for hydroxylation is 1. The number of nitrogens with zero attached hydrogens (tertiary/aromatic N) is 1. The molecule has 2 aromatic rings. The van der Waals surface area contributed by atoms with E-state index < -0.39 is 33.7 Å². The number of hydrogen-bond acceptors (Lipinski definition) is 4. The van der Waals surface area contributed by atoms with E-state index in [0.29, 0.717) is 11.6 Å². The van der Waals surface area contributed by atoms with Crippen LogP contribution in [0.3, 0.4) is 0 Å². The summed E-state index contributed by atoms with van der Waals surface area (Å²) >= 11 is 0. The normalized spacial score (nSPS) is 12.7. The molecule has 0 aliphatic rings. The summed E-state index contributed by atoms with van der Waals surface area (Å²) in [5.74, 6) is -2.56. The average molecular weight is 398 g/mol. The number of rotatable bonds is 6. The van der Waals surface area contributed by atoms with Crippen LogP contribution in [-0.4, -0.2) is 38.8 Å². The number of ether oxygens (including phenoxy) is 1. The van der Waals surface area contributed by atoms with Gasteiger partial charge in [0.1, 0.15) is 5.82 Å². The second kappa shape index (κ2) is 8.01. The minimum Gasteiger partial charge on any atom is -0.478 e. The second-order valence-corrected chi connectivity index (χ2v) is 8.24. The Morgan fingerprint density at radius 2 is 1.81 bits per heavy atom. The van der Waals surface area contributed by atoms with Crippen LogP contribution >= 0.6 is 0 Å². The number of amides is 1. The highest BCUT2D eigenvalue weighted by atomic mass is 32.2. The Morgan fingerprint density at radius 3 is 2.41 bits per heavy atom. The zero-order chi connectivity index (χ0) is 20.4. The highest BCUT2D eigenvalue weighted by Crippen LogP contribution is 2.23. The van der Waals surface area contributed by atoms with Gasteiger partial charge in [-0.25, -0.2) is 21.5 Å². The number of carbonyl (C=O) groups excluding carboxylic acids is 1. The van der Waals surface area contributed by atoms with Crippen molar-refractivity contribution < 1.29 is 26.7 Å². The summed E-state index contributed by atoms with van der Waals surface area (Å²) in [4.78, 5) is 12.4. The molecule has 27 heavy (non-hydrogen) atoms. The maximum Gasteiger partial charge on any atom is 0.265 e. The molecule has 0 saturated heterocycles. The maximum atomic E-state index is 13.7. The molecule has 0 spiro atoms. The van der Waals surface area contributed by atoms with E-state index in [1.54, 1.807) is 13.0 Å². The summed E-state index contributed by atoms with van der Waals surface area (Å²) in [6.07, 6.45) is -1.10. The summed E-state index contributed by atoms with van der Waals surface area (Å²) in [5.41, 5.74) is 0.930. The van der Waals surface area contributed by atoms with Crippen LogP contribution < -0.4 is 10.1 Å². The molecule has 0 fully saturated rings. The SMILES string of the molecule is Cc1ccc(S(=O)(=O)N(C)C)cc1NC(=O)C(C)Oc1ccc(F)cc1F. The van der Waals surface area contributed by atoms with Crippen molar-refractivity contribution in [2.45, 2.75) is 24.8 Å². The van der Waals surface area contributed by atoms with Crippen molar-refractivity contribution in [1.82, 2.24) is 4.31 Å². The summed E-state index contributed by atoms with van der Waals surface area (Å²) in [6, 6.07) is 7.10. The third-order valence-electron chi connectivity index (χ3n) is 3.81. The molecule has 146 valence electrons. The number of benzene rings is 2. The Labute approximate surface area is 156 Å². The van der Waals surface area contributed by atoms with Gasteiger partial charge in [0, 0.05) is 25.8 Å². The Hall–Kier alpha value is -2.52. The van der Waals surface area contributed by atoms with Crippen LogP contribution in [-0.2, 0) is 14.8 Å². The van der Waals surface area contributed by atoms with Gasteiger partial charge in [-0.2, -0.15) is 0 Å². The first-order chi connectivity index (χ1) is 12.5. The second-order valence-electron chi connectivity index (χ2n) is 6.09. The van der Waals surface area contributed by atoms with Crippen molar-refractivity contribution in [3.8, 4) is 5.75 Å². The van der Waals surface area contributed by atoms with Crippen molar-refractivity contribution in [2.24, 2.45) is 0 Å². The van der Waals surface area contributed by atoms with E-state index in [0.717, 1.165) is 16.4 Å². The Balaban J connectivity index is 2.19. The molecule has 0 aliphatic carbocycles. The first kappa shape index (κ1) is 20.8. The van der Waals surface area contributed by atoms with Crippen molar-refractivity contribution in [1.29, 1.82) is 0 Å². The molecular weight excluding hydrogens is 378 g/mol. The van der Waals surface area contributed by atoms with Gasteiger partial charge >= 0.3 is 0 Å². The Morgan fingerprint density at radius 1 is 1.15 bits per heavy atom. The Bertz CT molecular complexity index is 962. The third kappa shape index (κ3) is 4.81. The van der Waals surface area contributed by atoms with Crippen LogP contribution in [0.5, 0.6) is 5.75 Å². The van der Waals surface area contributed by atoms with Crippen molar-refractivity contribution in [2.75, 3.05) is 19.4 Å². The van der Waals surface area contributed by atoms with Crippen molar-refractivity contribution in [3.05, 3.63) is 53.6 Å². The lowest BCUT2D eigenvalue weighted by Crippen LogP contribution is -2.31. The molecule has 2 aromatic carbocycles. The first-order valence-corrected chi connectivity index (χ1v) is 9.42. The van der Waals surface area contributed by atoms with Gasteiger partial charge in [-0.15, -0.1) is 0 Å². The molecule has 6 nitrogen and oxygen atoms in total. The summed E-state index contributed by atoms with van der Waals surface area (Å²) in [7, 11) is -0.858. The first-order valence-electron chi connectivity index (χ1n) is 7.98. The van der Waals surface area contributed by atoms with Gasteiger partial charge in [-0.3, -0.25) is 4.79 Å². The van der Waals surface area contributed by atoms with E-state index in [1.807, 2.05) is 0 Å². The van der Waals surface area contributed by atoms with E-state index in [9.17, 15) is 22.0 Å². The number of halogens is 2. The standard InChI is InChI=1S/C18H20F2N2O4S/c1-11-5-7-14(27(24,25)22(3)4)10-16(11)21-18(23)12(2)26-17-8-6-13(19)9-15(17)20/h5-10,12H,1-4H3,(H,21,23). The minimum absolute atomic E-state index is 0.0200. The molecule has 2 rings (SSSR count). The number of anilines is 1. The van der Waals surface area contributed by atoms with E-state index >= 15 is 0 Å². The molecule has 1 N–H and O–H groups in total. The van der Waals surface area contributed by atoms with E-state index in [1.165, 1.54) is 33.2 Å². The van der Waals surface area contributed by atoms with Crippen molar-refractivity contribution >= 4 is 21.6 Å². The highest BCUT2D eigenvalue weighted by molar-refractivity contribution is 7.89. The summed E-state index contributed by atoms with van der Waals surface area (Å²) in [5, 5.41) is 2.57. The fourth-order valence-electron chi connectivity index (χ4n) is 2.16. The predicted molar refractivity (Wildman–Crippen MR) is 97.1 cm³/mol. The molecular formula is C18H20F2N2O4S. The average Bonchev–Trinajstić information content (AvgIpc) is 2.58. The molecule has 0 heterocycles. The van der Waals surface area contributed by atoms with Gasteiger partial charge < -0.3 is 10.1 Å².